The number of hydrogen-bond acceptors (Lipinski definition) is 3. The lowest BCUT2D eigenvalue weighted by Gasteiger charge is -2.15. The van der Waals surface area contributed by atoms with Gasteiger partial charge in [-0.05, 0) is 30.0 Å². The zero-order valence-electron chi connectivity index (χ0n) is 10.7. The van der Waals surface area contributed by atoms with Crippen LogP contribution >= 0.6 is 0 Å². The van der Waals surface area contributed by atoms with E-state index in [1.807, 2.05) is 18.2 Å². The van der Waals surface area contributed by atoms with Crippen LogP contribution in [-0.2, 0) is 6.42 Å². The third-order valence-electron chi connectivity index (χ3n) is 3.62. The van der Waals surface area contributed by atoms with Gasteiger partial charge in [0, 0.05) is 12.1 Å². The molecular weight excluding hydrogens is 259 g/mol. The Morgan fingerprint density at radius 1 is 1.25 bits per heavy atom. The number of nitro groups is 1. The molecule has 0 fully saturated rings. The topological polar surface area (TPSA) is 55.2 Å². The highest BCUT2D eigenvalue weighted by atomic mass is 19.1. The molecule has 0 radical (unpaired) electrons. The number of hydrogen-bond donors (Lipinski definition) is 1. The van der Waals surface area contributed by atoms with Gasteiger partial charge in [0.15, 0.2) is 0 Å². The summed E-state index contributed by atoms with van der Waals surface area (Å²) in [5.74, 6) is -0.482. The number of nitrogens with zero attached hydrogens (tertiary/aromatic N) is 1. The van der Waals surface area contributed by atoms with E-state index in [4.69, 9.17) is 0 Å². The number of rotatable bonds is 3. The lowest BCUT2D eigenvalue weighted by molar-refractivity contribution is -0.384. The zero-order chi connectivity index (χ0) is 14.1. The van der Waals surface area contributed by atoms with E-state index in [1.54, 1.807) is 0 Å². The molecule has 0 saturated carbocycles. The molecule has 0 amide bonds. The SMILES string of the molecule is O=[N+]([O-])c1ccc(F)cc1NC1CCc2ccccc21. The Hall–Kier alpha value is -2.43. The largest absolute Gasteiger partial charge is 0.373 e. The lowest BCUT2D eigenvalue weighted by Crippen LogP contribution is -2.09. The van der Waals surface area contributed by atoms with Crippen LogP contribution in [0.15, 0.2) is 42.5 Å². The van der Waals surface area contributed by atoms with Crippen molar-refractivity contribution in [2.75, 3.05) is 5.32 Å². The van der Waals surface area contributed by atoms with Crippen molar-refractivity contribution in [2.45, 2.75) is 18.9 Å². The first kappa shape index (κ1) is 12.6. The van der Waals surface area contributed by atoms with E-state index in [2.05, 4.69) is 11.4 Å². The minimum absolute atomic E-state index is 0.00769. The fraction of sp³-hybridized carbons (Fsp3) is 0.200. The summed E-state index contributed by atoms with van der Waals surface area (Å²) in [5.41, 5.74) is 2.50. The van der Waals surface area contributed by atoms with Crippen LogP contribution in [0.25, 0.3) is 0 Å². The highest BCUT2D eigenvalue weighted by Crippen LogP contribution is 2.36. The fourth-order valence-corrected chi connectivity index (χ4v) is 2.68. The van der Waals surface area contributed by atoms with Crippen LogP contribution in [0, 0.1) is 15.9 Å². The molecular formula is C15H13FN2O2. The molecule has 0 aromatic heterocycles. The van der Waals surface area contributed by atoms with Gasteiger partial charge in [-0.1, -0.05) is 24.3 Å². The van der Waals surface area contributed by atoms with Crippen LogP contribution in [0.1, 0.15) is 23.6 Å². The molecule has 0 bridgehead atoms. The fourth-order valence-electron chi connectivity index (χ4n) is 2.68. The molecule has 2 aromatic carbocycles. The molecule has 0 saturated heterocycles. The Kier molecular flexibility index (Phi) is 3.10. The van der Waals surface area contributed by atoms with E-state index in [1.165, 1.54) is 17.7 Å². The van der Waals surface area contributed by atoms with Crippen LogP contribution in [-0.4, -0.2) is 4.92 Å². The van der Waals surface area contributed by atoms with Crippen molar-refractivity contribution in [2.24, 2.45) is 0 Å². The smallest absolute Gasteiger partial charge is 0.292 e. The van der Waals surface area contributed by atoms with E-state index < -0.39 is 10.7 Å². The van der Waals surface area contributed by atoms with Crippen molar-refractivity contribution < 1.29 is 9.31 Å². The maximum Gasteiger partial charge on any atom is 0.292 e. The van der Waals surface area contributed by atoms with Gasteiger partial charge < -0.3 is 5.32 Å². The van der Waals surface area contributed by atoms with Crippen LogP contribution < -0.4 is 5.32 Å². The average Bonchev–Trinajstić information content (AvgIpc) is 2.82. The summed E-state index contributed by atoms with van der Waals surface area (Å²) < 4.78 is 13.3. The second kappa shape index (κ2) is 4.92. The van der Waals surface area contributed by atoms with Gasteiger partial charge in [0.2, 0.25) is 0 Å². The van der Waals surface area contributed by atoms with Crippen LogP contribution in [0.2, 0.25) is 0 Å². The Morgan fingerprint density at radius 3 is 2.85 bits per heavy atom. The first-order valence-corrected chi connectivity index (χ1v) is 6.43. The van der Waals surface area contributed by atoms with Crippen LogP contribution in [0.3, 0.4) is 0 Å². The van der Waals surface area contributed by atoms with E-state index >= 15 is 0 Å². The van der Waals surface area contributed by atoms with Crippen molar-refractivity contribution in [3.05, 3.63) is 69.5 Å². The second-order valence-electron chi connectivity index (χ2n) is 4.85. The molecule has 1 aliphatic rings. The predicted octanol–water partition coefficient (Wildman–Crippen LogP) is 3.83. The Labute approximate surface area is 115 Å². The molecule has 1 N–H and O–H groups in total. The van der Waals surface area contributed by atoms with Gasteiger partial charge in [-0.3, -0.25) is 10.1 Å². The van der Waals surface area contributed by atoms with Crippen molar-refractivity contribution >= 4 is 11.4 Å². The molecule has 102 valence electrons. The standard InChI is InChI=1S/C15H13FN2O2/c16-11-6-8-15(18(19)20)14(9-11)17-13-7-5-10-3-1-2-4-12(10)13/h1-4,6,8-9,13,17H,5,7H2. The Bertz CT molecular complexity index is 673. The van der Waals surface area contributed by atoms with Gasteiger partial charge >= 0.3 is 0 Å². The summed E-state index contributed by atoms with van der Waals surface area (Å²) in [4.78, 5) is 10.5. The number of fused-ring (bicyclic) bond motifs is 1. The van der Waals surface area contributed by atoms with E-state index in [0.717, 1.165) is 24.5 Å². The maximum atomic E-state index is 13.3. The highest BCUT2D eigenvalue weighted by Gasteiger charge is 2.24. The number of benzene rings is 2. The third-order valence-corrected chi connectivity index (χ3v) is 3.62. The van der Waals surface area contributed by atoms with Crippen molar-refractivity contribution in [1.29, 1.82) is 0 Å². The number of anilines is 1. The van der Waals surface area contributed by atoms with Gasteiger partial charge in [-0.15, -0.1) is 0 Å². The zero-order valence-corrected chi connectivity index (χ0v) is 10.7. The molecule has 1 aliphatic carbocycles. The highest BCUT2D eigenvalue weighted by molar-refractivity contribution is 5.63. The lowest BCUT2D eigenvalue weighted by atomic mass is 10.1. The second-order valence-corrected chi connectivity index (χ2v) is 4.85. The molecule has 0 aliphatic heterocycles. The van der Waals surface area contributed by atoms with Gasteiger partial charge in [0.25, 0.3) is 5.69 Å². The molecule has 1 unspecified atom stereocenters. The summed E-state index contributed by atoms with van der Waals surface area (Å²) in [6.07, 6.45) is 1.78. The van der Waals surface area contributed by atoms with E-state index in [-0.39, 0.29) is 17.4 Å². The molecule has 0 heterocycles. The number of aryl methyl sites for hydroxylation is 1. The predicted molar refractivity (Wildman–Crippen MR) is 74.2 cm³/mol. The van der Waals surface area contributed by atoms with Gasteiger partial charge in [0.1, 0.15) is 11.5 Å². The van der Waals surface area contributed by atoms with Gasteiger partial charge in [-0.2, -0.15) is 0 Å². The van der Waals surface area contributed by atoms with Crippen LogP contribution in [0.5, 0.6) is 0 Å². The Morgan fingerprint density at radius 2 is 2.05 bits per heavy atom. The minimum atomic E-state index is -0.497. The monoisotopic (exact) mass is 272 g/mol. The average molecular weight is 272 g/mol. The molecule has 5 heteroatoms. The molecule has 2 aromatic rings. The summed E-state index contributed by atoms with van der Waals surface area (Å²) >= 11 is 0. The quantitative estimate of drug-likeness (QED) is 0.682. The van der Waals surface area contributed by atoms with Gasteiger partial charge in [-0.25, -0.2) is 4.39 Å². The van der Waals surface area contributed by atoms with Crippen molar-refractivity contribution in [3.8, 4) is 0 Å². The normalized spacial score (nSPS) is 16.8. The third kappa shape index (κ3) is 2.22. The van der Waals surface area contributed by atoms with E-state index in [0.29, 0.717) is 0 Å². The molecule has 1 atom stereocenters. The number of nitrogens with one attached hydrogen (secondary N) is 1. The van der Waals surface area contributed by atoms with Gasteiger partial charge in [0.05, 0.1) is 11.0 Å². The van der Waals surface area contributed by atoms with Crippen molar-refractivity contribution in [3.63, 3.8) is 0 Å². The molecule has 4 nitrogen and oxygen atoms in total. The Balaban J connectivity index is 1.93. The molecule has 0 spiro atoms. The summed E-state index contributed by atoms with van der Waals surface area (Å²) in [5, 5.41) is 14.1. The number of halogens is 1. The van der Waals surface area contributed by atoms with Crippen LogP contribution in [0.4, 0.5) is 15.8 Å². The maximum absolute atomic E-state index is 13.3. The minimum Gasteiger partial charge on any atom is -0.373 e. The van der Waals surface area contributed by atoms with Crippen molar-refractivity contribution in [1.82, 2.24) is 0 Å². The molecule has 3 rings (SSSR count). The first-order valence-electron chi connectivity index (χ1n) is 6.43. The number of nitro benzene ring substituents is 1. The summed E-state index contributed by atoms with van der Waals surface area (Å²) in [6.45, 7) is 0. The summed E-state index contributed by atoms with van der Waals surface area (Å²) in [7, 11) is 0. The van der Waals surface area contributed by atoms with E-state index in [9.17, 15) is 14.5 Å². The summed E-state index contributed by atoms with van der Waals surface area (Å²) in [6, 6.07) is 11.4. The first-order chi connectivity index (χ1) is 9.65. The molecule has 20 heavy (non-hydrogen) atoms.